The Balaban J connectivity index is 2.47. The third-order valence-electron chi connectivity index (χ3n) is 3.40. The van der Waals surface area contributed by atoms with Crippen LogP contribution in [-0.4, -0.2) is 16.7 Å². The Morgan fingerprint density at radius 2 is 1.90 bits per heavy atom. The Morgan fingerprint density at radius 1 is 1.19 bits per heavy atom. The zero-order valence-electron chi connectivity index (χ0n) is 11.2. The fourth-order valence-corrected chi connectivity index (χ4v) is 2.41. The molecule has 0 saturated carbocycles. The zero-order chi connectivity index (χ0) is 15.2. The molecule has 0 saturated heterocycles. The molecular formula is C16H14F2N2O. The molecule has 2 atom stereocenters. The van der Waals surface area contributed by atoms with Gasteiger partial charge in [0.25, 0.3) is 0 Å². The number of rotatable bonds is 5. The quantitative estimate of drug-likeness (QED) is 0.919. The summed E-state index contributed by atoms with van der Waals surface area (Å²) in [5.41, 5.74) is 0.766. The number of hydrogen-bond acceptors (Lipinski definition) is 3. The lowest BCUT2D eigenvalue weighted by atomic mass is 9.80. The molecule has 1 aromatic heterocycles. The van der Waals surface area contributed by atoms with E-state index in [9.17, 15) is 19.1 Å². The smallest absolute Gasteiger partial charge is 0.126 e. The van der Waals surface area contributed by atoms with E-state index in [1.54, 1.807) is 12.1 Å². The number of nitrogens with zero attached hydrogens (tertiary/aromatic N) is 2. The molecule has 0 fully saturated rings. The van der Waals surface area contributed by atoms with Gasteiger partial charge >= 0.3 is 0 Å². The lowest BCUT2D eigenvalue weighted by Gasteiger charge is -2.22. The van der Waals surface area contributed by atoms with Crippen LogP contribution in [0.2, 0.25) is 0 Å². The van der Waals surface area contributed by atoms with Gasteiger partial charge in [0.2, 0.25) is 0 Å². The van der Waals surface area contributed by atoms with Gasteiger partial charge in [-0.1, -0.05) is 0 Å². The second kappa shape index (κ2) is 6.91. The molecule has 1 N–H and O–H groups in total. The molecule has 2 aromatic rings. The number of hydrogen-bond donors (Lipinski definition) is 1. The number of halogens is 2. The zero-order valence-corrected chi connectivity index (χ0v) is 11.2. The Morgan fingerprint density at radius 3 is 2.52 bits per heavy atom. The molecule has 2 rings (SSSR count). The molecule has 0 aliphatic carbocycles. The van der Waals surface area contributed by atoms with Crippen molar-refractivity contribution in [3.05, 3.63) is 65.5 Å². The minimum atomic E-state index is -0.684. The summed E-state index contributed by atoms with van der Waals surface area (Å²) < 4.78 is 27.4. The van der Waals surface area contributed by atoms with E-state index in [4.69, 9.17) is 0 Å². The van der Waals surface area contributed by atoms with Crippen molar-refractivity contribution in [2.24, 2.45) is 0 Å². The Hall–Kier alpha value is -2.32. The highest BCUT2D eigenvalue weighted by atomic mass is 19.1. The van der Waals surface area contributed by atoms with Crippen LogP contribution in [0.25, 0.3) is 0 Å². The first-order valence-corrected chi connectivity index (χ1v) is 6.52. The van der Waals surface area contributed by atoms with Crippen molar-refractivity contribution < 1.29 is 13.9 Å². The Kier molecular flexibility index (Phi) is 4.96. The van der Waals surface area contributed by atoms with Gasteiger partial charge < -0.3 is 5.11 Å². The molecule has 0 radical (unpaired) electrons. The lowest BCUT2D eigenvalue weighted by Crippen LogP contribution is -2.14. The molecule has 0 amide bonds. The van der Waals surface area contributed by atoms with E-state index < -0.39 is 23.5 Å². The van der Waals surface area contributed by atoms with Gasteiger partial charge in [0.05, 0.1) is 12.0 Å². The van der Waals surface area contributed by atoms with Crippen molar-refractivity contribution in [1.82, 2.24) is 4.98 Å². The topological polar surface area (TPSA) is 56.9 Å². The average molecular weight is 288 g/mol. The fraction of sp³-hybridized carbons (Fsp3) is 0.250. The predicted molar refractivity (Wildman–Crippen MR) is 73.4 cm³/mol. The predicted octanol–water partition coefficient (Wildman–Crippen LogP) is 3.13. The van der Waals surface area contributed by atoms with Crippen LogP contribution in [0.15, 0.2) is 42.7 Å². The summed E-state index contributed by atoms with van der Waals surface area (Å²) in [4.78, 5) is 3.88. The van der Waals surface area contributed by atoms with E-state index in [2.05, 4.69) is 11.1 Å². The van der Waals surface area contributed by atoms with E-state index >= 15 is 0 Å². The van der Waals surface area contributed by atoms with E-state index in [1.165, 1.54) is 12.4 Å². The number of benzene rings is 1. The van der Waals surface area contributed by atoms with Crippen molar-refractivity contribution in [3.8, 4) is 6.07 Å². The van der Waals surface area contributed by atoms with Crippen molar-refractivity contribution in [2.45, 2.75) is 18.3 Å². The maximum atomic E-state index is 14.0. The van der Waals surface area contributed by atoms with Crippen molar-refractivity contribution >= 4 is 0 Å². The summed E-state index contributed by atoms with van der Waals surface area (Å²) >= 11 is 0. The molecule has 0 aliphatic rings. The van der Waals surface area contributed by atoms with E-state index in [1.807, 2.05) is 0 Å². The molecule has 5 heteroatoms. The minimum absolute atomic E-state index is 0.104. The number of nitriles is 1. The third kappa shape index (κ3) is 3.41. The number of aliphatic hydroxyl groups is 1. The van der Waals surface area contributed by atoms with Gasteiger partial charge in [-0.15, -0.1) is 0 Å². The molecule has 1 heterocycles. The monoisotopic (exact) mass is 288 g/mol. The number of aromatic nitrogens is 1. The molecule has 1 aromatic carbocycles. The maximum absolute atomic E-state index is 14.0. The summed E-state index contributed by atoms with van der Waals surface area (Å²) in [6.07, 6.45) is 3.25. The Bertz CT molecular complexity index is 640. The van der Waals surface area contributed by atoms with Crippen LogP contribution in [0, 0.1) is 23.0 Å². The molecule has 0 aliphatic heterocycles. The molecular weight excluding hydrogens is 274 g/mol. The first-order chi connectivity index (χ1) is 10.2. The SMILES string of the molecule is N#C[C@H](c1ccncc1)[C@@H](CCO)c1cc(F)ccc1F. The van der Waals surface area contributed by atoms with Crippen LogP contribution < -0.4 is 0 Å². The van der Waals surface area contributed by atoms with Crippen molar-refractivity contribution in [3.63, 3.8) is 0 Å². The molecule has 0 bridgehead atoms. The van der Waals surface area contributed by atoms with Crippen molar-refractivity contribution in [2.75, 3.05) is 6.61 Å². The second-order valence-corrected chi connectivity index (χ2v) is 4.67. The average Bonchev–Trinajstić information content (AvgIpc) is 2.51. The molecule has 0 spiro atoms. The highest BCUT2D eigenvalue weighted by molar-refractivity contribution is 5.33. The van der Waals surface area contributed by atoms with Gasteiger partial charge in [-0.2, -0.15) is 5.26 Å². The maximum Gasteiger partial charge on any atom is 0.126 e. The van der Waals surface area contributed by atoms with Gasteiger partial charge in [0.15, 0.2) is 0 Å². The summed E-state index contributed by atoms with van der Waals surface area (Å²) in [5, 5.41) is 18.6. The summed E-state index contributed by atoms with van der Waals surface area (Å²) in [7, 11) is 0. The highest BCUT2D eigenvalue weighted by Gasteiger charge is 2.27. The largest absolute Gasteiger partial charge is 0.396 e. The third-order valence-corrected chi connectivity index (χ3v) is 3.40. The van der Waals surface area contributed by atoms with Crippen LogP contribution in [0.4, 0.5) is 8.78 Å². The van der Waals surface area contributed by atoms with Gasteiger partial charge in [-0.3, -0.25) is 4.98 Å². The van der Waals surface area contributed by atoms with Gasteiger partial charge in [0, 0.05) is 24.9 Å². The lowest BCUT2D eigenvalue weighted by molar-refractivity contribution is 0.270. The first-order valence-electron chi connectivity index (χ1n) is 6.52. The fourth-order valence-electron chi connectivity index (χ4n) is 2.41. The summed E-state index contributed by atoms with van der Waals surface area (Å²) in [6, 6.07) is 8.60. The minimum Gasteiger partial charge on any atom is -0.396 e. The van der Waals surface area contributed by atoms with Gasteiger partial charge in [-0.25, -0.2) is 8.78 Å². The molecule has 0 unspecified atom stereocenters. The highest BCUT2D eigenvalue weighted by Crippen LogP contribution is 2.36. The van der Waals surface area contributed by atoms with Crippen LogP contribution in [0.3, 0.4) is 0 Å². The van der Waals surface area contributed by atoms with E-state index in [0.717, 1.165) is 18.2 Å². The second-order valence-electron chi connectivity index (χ2n) is 4.67. The van der Waals surface area contributed by atoms with Crippen molar-refractivity contribution in [1.29, 1.82) is 5.26 Å². The van der Waals surface area contributed by atoms with Crippen LogP contribution in [0.5, 0.6) is 0 Å². The van der Waals surface area contributed by atoms with Gasteiger partial charge in [-0.05, 0) is 47.9 Å². The normalized spacial score (nSPS) is 13.4. The van der Waals surface area contributed by atoms with Crippen LogP contribution >= 0.6 is 0 Å². The van der Waals surface area contributed by atoms with E-state index in [-0.39, 0.29) is 18.6 Å². The van der Waals surface area contributed by atoms with E-state index in [0.29, 0.717) is 5.56 Å². The van der Waals surface area contributed by atoms with Crippen LogP contribution in [0.1, 0.15) is 29.4 Å². The number of pyridine rings is 1. The molecule has 3 nitrogen and oxygen atoms in total. The van der Waals surface area contributed by atoms with Gasteiger partial charge in [0.1, 0.15) is 11.6 Å². The Labute approximate surface area is 121 Å². The standard InChI is InChI=1S/C16H14F2N2O/c17-12-1-2-16(18)14(9-12)13(5-8-21)15(10-19)11-3-6-20-7-4-11/h1-4,6-7,9,13,15,21H,5,8H2/t13-,15+/m0/s1. The molecule has 108 valence electrons. The summed E-state index contributed by atoms with van der Waals surface area (Å²) in [5.74, 6) is -2.46. The summed E-state index contributed by atoms with van der Waals surface area (Å²) in [6.45, 7) is -0.218. The number of aliphatic hydroxyl groups excluding tert-OH is 1. The molecule has 21 heavy (non-hydrogen) atoms. The van der Waals surface area contributed by atoms with Crippen LogP contribution in [-0.2, 0) is 0 Å². The first kappa shape index (κ1) is 15.1.